The van der Waals surface area contributed by atoms with E-state index in [1.54, 1.807) is 13.0 Å². The van der Waals surface area contributed by atoms with Crippen molar-refractivity contribution in [2.45, 2.75) is 165 Å². The van der Waals surface area contributed by atoms with E-state index in [-0.39, 0.29) is 54.1 Å². The average molecular weight is 749 g/mol. The molecule has 300 valence electrons. The Kier molecular flexibility index (Phi) is 9.02. The number of nitrogens with one attached hydrogen (secondary N) is 1. The molecule has 54 heavy (non-hydrogen) atoms. The monoisotopic (exact) mass is 749 g/mol. The minimum Gasteiger partial charge on any atom is -0.390 e. The van der Waals surface area contributed by atoms with Gasteiger partial charge in [-0.25, -0.2) is 0 Å². The third kappa shape index (κ3) is 4.94. The van der Waals surface area contributed by atoms with Gasteiger partial charge in [0.2, 0.25) is 0 Å². The fourth-order valence-corrected chi connectivity index (χ4v) is 15.6. The Labute approximate surface area is 322 Å². The summed E-state index contributed by atoms with van der Waals surface area (Å²) in [4.78, 5) is 14.6. The maximum atomic E-state index is 14.6. The minimum atomic E-state index is -1.56. The number of piperidine rings is 1. The lowest BCUT2D eigenvalue weighted by Gasteiger charge is -2.70. The zero-order chi connectivity index (χ0) is 38.2. The highest BCUT2D eigenvalue weighted by Crippen LogP contribution is 2.79. The molecule has 4 saturated carbocycles. The largest absolute Gasteiger partial charge is 0.390 e. The predicted molar refractivity (Wildman–Crippen MR) is 205 cm³/mol. The molecule has 10 rings (SSSR count). The van der Waals surface area contributed by atoms with Gasteiger partial charge in [0, 0.05) is 28.7 Å². The van der Waals surface area contributed by atoms with Gasteiger partial charge in [0.25, 0.3) is 0 Å². The van der Waals surface area contributed by atoms with E-state index in [4.69, 9.17) is 10.5 Å². The average Bonchev–Trinajstić information content (AvgIpc) is 3.36. The van der Waals surface area contributed by atoms with E-state index in [9.17, 15) is 30.3 Å². The van der Waals surface area contributed by atoms with Gasteiger partial charge < -0.3 is 41.3 Å². The number of fused-ring (bicyclic) bond motifs is 3. The van der Waals surface area contributed by atoms with Crippen LogP contribution in [0, 0.1) is 63.1 Å². The number of aliphatic hydroxyl groups is 5. The molecule has 8 N–H and O–H groups in total. The van der Waals surface area contributed by atoms with Crippen molar-refractivity contribution >= 4 is 5.78 Å². The summed E-state index contributed by atoms with van der Waals surface area (Å²) in [5.41, 5.74) is 1.36. The number of carbonyl (C=O) groups excluding carboxylic acids is 1. The summed E-state index contributed by atoms with van der Waals surface area (Å²) in [5, 5.41) is 64.7. The van der Waals surface area contributed by atoms with E-state index in [0.717, 1.165) is 50.1 Å². The summed E-state index contributed by atoms with van der Waals surface area (Å²) in [7, 11) is 0. The SMILES string of the molecule is CCC[C@H]1CC[C@@H]2[C@H](C)[C@H]([C@@H](O)[C@](C)(O)[C@@H]3CC[C@]4(O)C5=CC(=O)[C@@H]6C[C@@H](O)[C@@H](O)C[C@@]67C[C@]6(C8CCC(N)NC8)C=CC(C[C@]34C)[C@@]57C=C6)O[C@@H]2CC1. The van der Waals surface area contributed by atoms with Crippen molar-refractivity contribution in [3.8, 4) is 0 Å². The highest BCUT2D eigenvalue weighted by atomic mass is 16.5. The van der Waals surface area contributed by atoms with Gasteiger partial charge in [-0.15, -0.1) is 0 Å². The van der Waals surface area contributed by atoms with Gasteiger partial charge in [-0.2, -0.15) is 0 Å². The molecular formula is C45H68N2O7. The van der Waals surface area contributed by atoms with Gasteiger partial charge in [-0.1, -0.05) is 64.3 Å². The third-order valence-electron chi connectivity index (χ3n) is 18.5. The van der Waals surface area contributed by atoms with E-state index < -0.39 is 63.7 Å². The van der Waals surface area contributed by atoms with Crippen LogP contribution in [0.4, 0.5) is 0 Å². The summed E-state index contributed by atoms with van der Waals surface area (Å²) in [6.07, 6.45) is 18.9. The van der Waals surface area contributed by atoms with Crippen molar-refractivity contribution in [2.24, 2.45) is 68.8 Å². The van der Waals surface area contributed by atoms with Gasteiger partial charge >= 0.3 is 0 Å². The standard InChI is InChI=1S/C45H68N2O7/c1-5-6-26-7-10-29-25(2)38(54-34(29)11-8-26)39(51)41(4,52)35-14-16-45(53)36-20-31(48)30-19-32(49)33(50)22-43(30)24-42(28-9-12-37(46)47-23-28)15-13-27(21-40(35,45)3)44(36,43)18-17-42/h13,15,17-18,20,25-30,32-35,37-39,47,49-53H,5-12,14,16,19,21-24,46H2,1-4H3/t25-,26-,27?,28?,29+,30-,32+,33-,34+,35+,37?,38+,39+,40+,41+,42-,43+,44-,45-/m0/s1. The second-order valence-corrected chi connectivity index (χ2v) is 20.7. The van der Waals surface area contributed by atoms with Crippen LogP contribution in [-0.4, -0.2) is 85.7 Å². The van der Waals surface area contributed by atoms with Crippen LogP contribution in [0.1, 0.15) is 118 Å². The molecule has 8 aliphatic carbocycles. The maximum Gasteiger partial charge on any atom is 0.159 e. The smallest absolute Gasteiger partial charge is 0.159 e. The molecule has 0 aromatic heterocycles. The third-order valence-corrected chi connectivity index (χ3v) is 18.5. The molecule has 10 aliphatic rings. The molecule has 0 amide bonds. The lowest BCUT2D eigenvalue weighted by molar-refractivity contribution is -0.215. The van der Waals surface area contributed by atoms with Crippen molar-refractivity contribution in [1.82, 2.24) is 5.32 Å². The summed E-state index contributed by atoms with van der Waals surface area (Å²) >= 11 is 0. The van der Waals surface area contributed by atoms with Crippen LogP contribution >= 0.6 is 0 Å². The summed E-state index contributed by atoms with van der Waals surface area (Å²) < 4.78 is 6.75. The number of carbonyl (C=O) groups is 1. The Hall–Kier alpha value is -1.43. The van der Waals surface area contributed by atoms with Crippen molar-refractivity contribution in [1.29, 1.82) is 0 Å². The Morgan fingerprint density at radius 2 is 1.83 bits per heavy atom. The van der Waals surface area contributed by atoms with Gasteiger partial charge in [-0.3, -0.25) is 4.79 Å². The highest BCUT2D eigenvalue weighted by Gasteiger charge is 2.78. The molecule has 6 fully saturated rings. The predicted octanol–water partition coefficient (Wildman–Crippen LogP) is 4.69. The highest BCUT2D eigenvalue weighted by molar-refractivity contribution is 5.96. The normalized spacial score (nSPS) is 55.1. The zero-order valence-corrected chi connectivity index (χ0v) is 33.1. The van der Waals surface area contributed by atoms with Gasteiger partial charge in [0.05, 0.1) is 41.8 Å². The quantitative estimate of drug-likeness (QED) is 0.191. The van der Waals surface area contributed by atoms with E-state index in [1.165, 1.54) is 19.3 Å². The number of ketones is 1. The second kappa shape index (κ2) is 12.8. The summed E-state index contributed by atoms with van der Waals surface area (Å²) in [6, 6.07) is 0. The van der Waals surface area contributed by atoms with E-state index >= 15 is 0 Å². The topological polar surface area (TPSA) is 166 Å². The molecule has 2 aliphatic heterocycles. The van der Waals surface area contributed by atoms with Crippen molar-refractivity contribution in [2.75, 3.05) is 6.54 Å². The first-order valence-electron chi connectivity index (χ1n) is 21.9. The second-order valence-electron chi connectivity index (χ2n) is 20.7. The zero-order valence-electron chi connectivity index (χ0n) is 33.1. The Bertz CT molecular complexity index is 1600. The number of ether oxygens (including phenoxy) is 1. The van der Waals surface area contributed by atoms with Crippen LogP contribution in [-0.2, 0) is 9.53 Å². The maximum absolute atomic E-state index is 14.6. The lowest BCUT2D eigenvalue weighted by atomic mass is 9.33. The van der Waals surface area contributed by atoms with Crippen LogP contribution in [0.25, 0.3) is 0 Å². The van der Waals surface area contributed by atoms with Crippen molar-refractivity contribution < 1.29 is 35.1 Å². The number of hydrogen-bond acceptors (Lipinski definition) is 9. The van der Waals surface area contributed by atoms with Gasteiger partial charge in [-0.05, 0) is 130 Å². The molecule has 9 nitrogen and oxygen atoms in total. The first-order chi connectivity index (χ1) is 25.6. The molecule has 2 bridgehead atoms. The summed E-state index contributed by atoms with van der Waals surface area (Å²) in [5.74, 6) is 0.315. The van der Waals surface area contributed by atoms with Crippen LogP contribution < -0.4 is 11.1 Å². The lowest BCUT2D eigenvalue weighted by Crippen LogP contribution is -2.71. The number of allylic oxidation sites excluding steroid dienone is 5. The fraction of sp³-hybridized carbons (Fsp3) is 0.844. The molecule has 0 radical (unpaired) electrons. The molecule has 2 spiro atoms. The minimum absolute atomic E-state index is 0.0461. The van der Waals surface area contributed by atoms with Crippen LogP contribution in [0.15, 0.2) is 36.0 Å². The molecule has 3 unspecified atom stereocenters. The van der Waals surface area contributed by atoms with E-state index in [0.29, 0.717) is 31.6 Å². The molecule has 2 heterocycles. The van der Waals surface area contributed by atoms with Crippen molar-refractivity contribution in [3.05, 3.63) is 36.0 Å². The molecule has 9 heteroatoms. The van der Waals surface area contributed by atoms with Crippen LogP contribution in [0.3, 0.4) is 0 Å². The van der Waals surface area contributed by atoms with E-state index in [1.807, 2.05) is 0 Å². The van der Waals surface area contributed by atoms with Crippen molar-refractivity contribution in [3.63, 3.8) is 0 Å². The first-order valence-corrected chi connectivity index (χ1v) is 21.9. The molecule has 0 aromatic carbocycles. The Balaban J connectivity index is 1.09. The number of nitrogens with two attached hydrogens (primary N) is 1. The Morgan fingerprint density at radius 3 is 2.57 bits per heavy atom. The summed E-state index contributed by atoms with van der Waals surface area (Å²) in [6.45, 7) is 9.07. The molecule has 0 aromatic rings. The number of rotatable bonds is 6. The van der Waals surface area contributed by atoms with Gasteiger partial charge in [0.15, 0.2) is 5.78 Å². The van der Waals surface area contributed by atoms with Gasteiger partial charge in [0.1, 0.15) is 6.10 Å². The first kappa shape index (κ1) is 38.1. The molecular weight excluding hydrogens is 681 g/mol. The molecule has 2 saturated heterocycles. The number of aliphatic hydroxyl groups excluding tert-OH is 3. The van der Waals surface area contributed by atoms with Crippen LogP contribution in [0.5, 0.6) is 0 Å². The number of hydrogen-bond donors (Lipinski definition) is 7. The Morgan fingerprint density at radius 1 is 1.06 bits per heavy atom. The molecule has 19 atom stereocenters. The fourth-order valence-electron chi connectivity index (χ4n) is 15.6. The van der Waals surface area contributed by atoms with Crippen LogP contribution in [0.2, 0.25) is 0 Å². The van der Waals surface area contributed by atoms with E-state index in [2.05, 4.69) is 50.4 Å².